The van der Waals surface area contributed by atoms with Crippen LogP contribution >= 0.6 is 0 Å². The molecule has 0 aliphatic carbocycles. The SMILES string of the molecule is CC/C=C\C/C=C\C/C=C\C/C=C\CCCCCCCCCCCCCCC(=O)OC(COC(=O)CCCCCCCCCCCCCCCCCCCCCCCCCCCCCC)COC(OCC[N+](C)(C)C)C(=O)[O-]. The predicted octanol–water partition coefficient (Wildman–Crippen LogP) is 18.9. The van der Waals surface area contributed by atoms with Crippen LogP contribution in [0.15, 0.2) is 48.6 Å². The fourth-order valence-corrected chi connectivity index (χ4v) is 9.77. The molecule has 0 fully saturated rings. The number of carbonyl (C=O) groups excluding carboxylic acids is 3. The van der Waals surface area contributed by atoms with Crippen molar-refractivity contribution in [3.05, 3.63) is 48.6 Å². The molecule has 0 aromatic carbocycles. The lowest BCUT2D eigenvalue weighted by Gasteiger charge is -2.26. The number of ether oxygens (including phenoxy) is 4. The number of carboxylic acids is 1. The molecule has 0 aliphatic heterocycles. The molecule has 0 N–H and O–H groups in total. The van der Waals surface area contributed by atoms with Crippen molar-refractivity contribution in [3.63, 3.8) is 0 Å². The fraction of sp³-hybridized carbons (Fsp3) is 0.841. The average Bonchev–Trinajstić information content (AvgIpc) is 3.41. The number of allylic oxidation sites excluding steroid dienone is 8. The number of likely N-dealkylation sites (N-methyl/N-ethyl adjacent to an activating group) is 1. The minimum atomic E-state index is -1.62. The summed E-state index contributed by atoms with van der Waals surface area (Å²) in [7, 11) is 5.94. The molecule has 0 bridgehead atoms. The second kappa shape index (κ2) is 60.3. The van der Waals surface area contributed by atoms with Crippen molar-refractivity contribution in [1.29, 1.82) is 0 Å². The van der Waals surface area contributed by atoms with Gasteiger partial charge in [-0.1, -0.05) is 300 Å². The molecule has 0 aromatic rings. The first-order valence-corrected chi connectivity index (χ1v) is 33.3. The Morgan fingerprint density at radius 1 is 0.397 bits per heavy atom. The molecule has 2 atom stereocenters. The van der Waals surface area contributed by atoms with Crippen molar-refractivity contribution < 1.29 is 42.9 Å². The number of esters is 2. The number of hydrogen-bond donors (Lipinski definition) is 0. The van der Waals surface area contributed by atoms with Crippen molar-refractivity contribution in [2.45, 2.75) is 328 Å². The Bertz CT molecular complexity index is 1420. The van der Waals surface area contributed by atoms with E-state index in [9.17, 15) is 19.5 Å². The summed E-state index contributed by atoms with van der Waals surface area (Å²) in [6.07, 6.45) is 73.3. The molecule has 0 heterocycles. The Balaban J connectivity index is 4.11. The summed E-state index contributed by atoms with van der Waals surface area (Å²) in [4.78, 5) is 37.4. The molecule has 78 heavy (non-hydrogen) atoms. The highest BCUT2D eigenvalue weighted by atomic mass is 16.7. The largest absolute Gasteiger partial charge is 0.545 e. The van der Waals surface area contributed by atoms with E-state index in [1.807, 2.05) is 21.1 Å². The van der Waals surface area contributed by atoms with E-state index >= 15 is 0 Å². The molecule has 0 saturated carbocycles. The second-order valence-electron chi connectivity index (χ2n) is 23.7. The molecule has 9 nitrogen and oxygen atoms in total. The van der Waals surface area contributed by atoms with Gasteiger partial charge in [0.2, 0.25) is 0 Å². The number of unbranched alkanes of at least 4 members (excludes halogenated alkanes) is 39. The van der Waals surface area contributed by atoms with Gasteiger partial charge in [-0.2, -0.15) is 0 Å². The monoisotopic (exact) mass is 1100 g/mol. The highest BCUT2D eigenvalue weighted by molar-refractivity contribution is 5.70. The second-order valence-corrected chi connectivity index (χ2v) is 23.7. The summed E-state index contributed by atoms with van der Waals surface area (Å²) in [6, 6.07) is 0. The summed E-state index contributed by atoms with van der Waals surface area (Å²) < 4.78 is 22.8. The molecule has 9 heteroatoms. The number of hydrogen-bond acceptors (Lipinski definition) is 8. The first kappa shape index (κ1) is 75.2. The van der Waals surface area contributed by atoms with Gasteiger partial charge in [0, 0.05) is 12.8 Å². The number of quaternary nitrogens is 1. The lowest BCUT2D eigenvalue weighted by molar-refractivity contribution is -0.870. The molecular weight excluding hydrogens is 971 g/mol. The number of nitrogens with zero attached hydrogens (tertiary/aromatic N) is 1. The first-order chi connectivity index (χ1) is 38.1. The van der Waals surface area contributed by atoms with Crippen molar-refractivity contribution in [3.8, 4) is 0 Å². The van der Waals surface area contributed by atoms with Gasteiger partial charge in [-0.25, -0.2) is 0 Å². The van der Waals surface area contributed by atoms with Gasteiger partial charge in [-0.15, -0.1) is 0 Å². The summed E-state index contributed by atoms with van der Waals surface area (Å²) in [5, 5.41) is 11.8. The first-order valence-electron chi connectivity index (χ1n) is 33.3. The third-order valence-corrected chi connectivity index (χ3v) is 14.8. The van der Waals surface area contributed by atoms with Crippen LogP contribution < -0.4 is 5.11 Å². The van der Waals surface area contributed by atoms with Crippen LogP contribution in [-0.2, 0) is 33.3 Å². The zero-order valence-electron chi connectivity index (χ0n) is 52.0. The topological polar surface area (TPSA) is 111 Å². The lowest BCUT2D eigenvalue weighted by atomic mass is 10.0. The lowest BCUT2D eigenvalue weighted by Crippen LogP contribution is -2.44. The van der Waals surface area contributed by atoms with Gasteiger partial charge in [0.15, 0.2) is 12.4 Å². The van der Waals surface area contributed by atoms with Gasteiger partial charge in [0.25, 0.3) is 0 Å². The third-order valence-electron chi connectivity index (χ3n) is 14.8. The predicted molar refractivity (Wildman–Crippen MR) is 329 cm³/mol. The summed E-state index contributed by atoms with van der Waals surface area (Å²) in [5.74, 6) is -2.27. The maximum absolute atomic E-state index is 12.9. The van der Waals surface area contributed by atoms with Crippen LogP contribution in [-0.4, -0.2) is 82.3 Å². The highest BCUT2D eigenvalue weighted by Gasteiger charge is 2.22. The zero-order chi connectivity index (χ0) is 56.9. The van der Waals surface area contributed by atoms with Crippen molar-refractivity contribution >= 4 is 17.9 Å². The molecule has 0 aromatic heterocycles. The van der Waals surface area contributed by atoms with Crippen LogP contribution in [0, 0.1) is 0 Å². The Labute approximate surface area is 482 Å². The van der Waals surface area contributed by atoms with Crippen molar-refractivity contribution in [2.75, 3.05) is 47.5 Å². The molecule has 0 amide bonds. The average molecular weight is 1100 g/mol. The van der Waals surface area contributed by atoms with Gasteiger partial charge in [0.05, 0.1) is 40.3 Å². The van der Waals surface area contributed by atoms with Crippen molar-refractivity contribution in [1.82, 2.24) is 0 Å². The van der Waals surface area contributed by atoms with E-state index in [1.165, 1.54) is 218 Å². The Morgan fingerprint density at radius 3 is 1.09 bits per heavy atom. The summed E-state index contributed by atoms with van der Waals surface area (Å²) >= 11 is 0. The molecule has 0 saturated heterocycles. The van der Waals surface area contributed by atoms with Crippen LogP contribution in [0.5, 0.6) is 0 Å². The van der Waals surface area contributed by atoms with E-state index in [4.69, 9.17) is 18.9 Å². The number of rotatable bonds is 62. The van der Waals surface area contributed by atoms with E-state index in [-0.39, 0.29) is 32.2 Å². The normalized spacial score (nSPS) is 13.0. The third kappa shape index (κ3) is 60.9. The van der Waals surface area contributed by atoms with Crippen LogP contribution in [0.4, 0.5) is 0 Å². The standard InChI is InChI=1S/C69H127NO8/c1-6-8-10-12-14-16-18-20-22-24-26-28-30-32-33-34-36-37-39-41-43-45-47-49-51-53-55-57-59-66(71)76-63-65(64-77-69(68(73)74)75-62-61-70(3,4)5)78-67(72)60-58-56-54-52-50-48-46-44-42-40-38-35-31-29-27-25-23-21-19-17-15-13-11-9-7-2/h9,11,15,17,21,23,27,29,65,69H,6-8,10,12-14,16,18-20,22,24-26,28,30-64H2,1-5H3/b11-9-,17-15-,23-21-,29-27-. The van der Waals surface area contributed by atoms with Gasteiger partial charge in [0.1, 0.15) is 13.2 Å². The fourth-order valence-electron chi connectivity index (χ4n) is 9.77. The van der Waals surface area contributed by atoms with Gasteiger partial charge in [-0.3, -0.25) is 9.59 Å². The van der Waals surface area contributed by atoms with Crippen LogP contribution in [0.2, 0.25) is 0 Å². The molecular formula is C69H127NO8. The Morgan fingerprint density at radius 2 is 0.731 bits per heavy atom. The zero-order valence-corrected chi connectivity index (χ0v) is 52.0. The Hall–Kier alpha value is -2.75. The maximum Gasteiger partial charge on any atom is 0.306 e. The number of carbonyl (C=O) groups is 3. The Kier molecular flexibility index (Phi) is 58.2. The summed E-state index contributed by atoms with van der Waals surface area (Å²) in [5.41, 5.74) is 0. The van der Waals surface area contributed by atoms with Gasteiger partial charge < -0.3 is 33.3 Å². The van der Waals surface area contributed by atoms with E-state index in [0.29, 0.717) is 23.9 Å². The quantitative estimate of drug-likeness (QED) is 0.0195. The van der Waals surface area contributed by atoms with Crippen molar-refractivity contribution in [2.24, 2.45) is 0 Å². The molecule has 0 radical (unpaired) electrons. The number of carboxylic acid groups (broad SMARTS) is 1. The molecule has 2 unspecified atom stereocenters. The van der Waals surface area contributed by atoms with Gasteiger partial charge >= 0.3 is 11.9 Å². The smallest absolute Gasteiger partial charge is 0.306 e. The van der Waals surface area contributed by atoms with E-state index in [0.717, 1.165) is 64.2 Å². The number of aliphatic carboxylic acids is 1. The minimum Gasteiger partial charge on any atom is -0.545 e. The van der Waals surface area contributed by atoms with E-state index in [1.54, 1.807) is 0 Å². The van der Waals surface area contributed by atoms with E-state index < -0.39 is 24.3 Å². The maximum atomic E-state index is 12.9. The summed E-state index contributed by atoms with van der Waals surface area (Å²) in [6.45, 7) is 4.69. The minimum absolute atomic E-state index is 0.148. The van der Waals surface area contributed by atoms with Crippen LogP contribution in [0.25, 0.3) is 0 Å². The van der Waals surface area contributed by atoms with Crippen LogP contribution in [0.1, 0.15) is 316 Å². The molecule has 0 rings (SSSR count). The van der Waals surface area contributed by atoms with Gasteiger partial charge in [-0.05, 0) is 51.4 Å². The van der Waals surface area contributed by atoms with Crippen LogP contribution in [0.3, 0.4) is 0 Å². The molecule has 0 aliphatic rings. The molecule has 456 valence electrons. The highest BCUT2D eigenvalue weighted by Crippen LogP contribution is 2.18. The molecule has 0 spiro atoms. The van der Waals surface area contributed by atoms with E-state index in [2.05, 4.69) is 62.5 Å².